The zero-order valence-corrected chi connectivity index (χ0v) is 17.4. The monoisotopic (exact) mass is 439 g/mol. The van der Waals surface area contributed by atoms with Crippen LogP contribution in [0.3, 0.4) is 0 Å². The van der Waals surface area contributed by atoms with E-state index in [-0.39, 0.29) is 6.99 Å². The summed E-state index contributed by atoms with van der Waals surface area (Å²) in [4.78, 5) is 36.2. The molecule has 0 heterocycles. The van der Waals surface area contributed by atoms with Gasteiger partial charge in [-0.3, -0.25) is 9.59 Å². The summed E-state index contributed by atoms with van der Waals surface area (Å²) in [5.41, 5.74) is -0.0261. The van der Waals surface area contributed by atoms with Crippen molar-refractivity contribution in [2.45, 2.75) is 38.8 Å². The first-order valence-corrected chi connectivity index (χ1v) is 9.25. The number of halogens is 3. The lowest BCUT2D eigenvalue weighted by atomic mass is 10.00. The highest BCUT2D eigenvalue weighted by Crippen LogP contribution is 2.26. The van der Waals surface area contributed by atoms with E-state index in [0.29, 0.717) is 11.1 Å². The molecular weight excluding hydrogens is 415 g/mol. The van der Waals surface area contributed by atoms with Crippen LogP contribution < -0.4 is 5.32 Å². The van der Waals surface area contributed by atoms with Crippen LogP contribution in [0.15, 0.2) is 36.4 Å². The predicted octanol–water partition coefficient (Wildman–Crippen LogP) is 4.08. The highest BCUT2D eigenvalue weighted by atomic mass is 19.2. The average molecular weight is 439 g/mol. The van der Waals surface area contributed by atoms with Crippen molar-refractivity contribution in [2.24, 2.45) is 0 Å². The Bertz CT molecular complexity index is 967. The first-order valence-electron chi connectivity index (χ1n) is 9.25. The van der Waals surface area contributed by atoms with Gasteiger partial charge in [-0.2, -0.15) is 0 Å². The van der Waals surface area contributed by atoms with E-state index >= 15 is 0 Å². The van der Waals surface area contributed by atoms with Crippen molar-refractivity contribution in [2.75, 3.05) is 7.11 Å². The average Bonchev–Trinajstić information content (AvgIpc) is 2.68. The summed E-state index contributed by atoms with van der Waals surface area (Å²) in [6, 6.07) is 6.21. The number of rotatable bonds is 6. The molecule has 6 nitrogen and oxygen atoms in total. The maximum absolute atomic E-state index is 13.5. The second-order valence-corrected chi connectivity index (χ2v) is 7.66. The highest BCUT2D eigenvalue weighted by molar-refractivity contribution is 5.96. The van der Waals surface area contributed by atoms with Gasteiger partial charge in [0.2, 0.25) is 5.91 Å². The Morgan fingerprint density at radius 3 is 2.03 bits per heavy atom. The molecule has 1 atom stereocenters. The van der Waals surface area contributed by atoms with Crippen LogP contribution in [0, 0.1) is 17.5 Å². The van der Waals surface area contributed by atoms with E-state index in [9.17, 15) is 27.6 Å². The number of ether oxygens (including phenoxy) is 2. The van der Waals surface area contributed by atoms with Crippen LogP contribution >= 0.6 is 0 Å². The minimum absolute atomic E-state index is 0. The molecule has 2 aromatic rings. The van der Waals surface area contributed by atoms with Gasteiger partial charge in [0.15, 0.2) is 23.5 Å². The molecule has 0 fully saturated rings. The van der Waals surface area contributed by atoms with Crippen molar-refractivity contribution in [1.29, 1.82) is 0 Å². The fourth-order valence-electron chi connectivity index (χ4n) is 2.71. The van der Waals surface area contributed by atoms with Gasteiger partial charge < -0.3 is 14.8 Å². The summed E-state index contributed by atoms with van der Waals surface area (Å²) in [6.45, 7) is 4.96. The minimum atomic E-state index is -1.57. The number of amides is 1. The van der Waals surface area contributed by atoms with Crippen LogP contribution in [0.5, 0.6) is 0 Å². The molecule has 31 heavy (non-hydrogen) atoms. The third-order valence-electron chi connectivity index (χ3n) is 4.03. The minimum Gasteiger partial charge on any atom is -0.467 e. The van der Waals surface area contributed by atoms with Crippen LogP contribution in [0.25, 0.3) is 11.1 Å². The maximum Gasteiger partial charge on any atom is 0.333 e. The Balaban J connectivity index is 0.00000512. The molecule has 2 aromatic carbocycles. The number of benzene rings is 2. The van der Waals surface area contributed by atoms with Gasteiger partial charge in [-0.15, -0.1) is 0 Å². The summed E-state index contributed by atoms with van der Waals surface area (Å²) in [6.07, 6.45) is -0.600. The van der Waals surface area contributed by atoms with E-state index in [4.69, 9.17) is 9.47 Å². The molecule has 0 aliphatic rings. The van der Waals surface area contributed by atoms with Crippen LogP contribution in [-0.2, 0) is 23.9 Å². The van der Waals surface area contributed by atoms with Gasteiger partial charge in [0.1, 0.15) is 12.0 Å². The van der Waals surface area contributed by atoms with Crippen molar-refractivity contribution in [1.82, 2.24) is 5.32 Å². The molecule has 0 aliphatic heterocycles. The van der Waals surface area contributed by atoms with Crippen molar-refractivity contribution < 1.29 is 38.5 Å². The zero-order valence-electron chi connectivity index (χ0n) is 17.4. The van der Waals surface area contributed by atoms with Gasteiger partial charge in [-0.1, -0.05) is 24.3 Å². The summed E-state index contributed by atoms with van der Waals surface area (Å²) in [7, 11) is 1.13. The van der Waals surface area contributed by atoms with Crippen LogP contribution in [-0.4, -0.2) is 30.6 Å². The molecule has 0 saturated carbocycles. The summed E-state index contributed by atoms with van der Waals surface area (Å²) >= 11 is 0. The molecular formula is C22H24F3NO5. The fourth-order valence-corrected chi connectivity index (χ4v) is 2.71. The Kier molecular flexibility index (Phi) is 7.43. The third kappa shape index (κ3) is 6.56. The first-order chi connectivity index (χ1) is 14.4. The lowest BCUT2D eigenvalue weighted by Gasteiger charge is -2.20. The molecule has 0 aromatic heterocycles. The molecule has 168 valence electrons. The maximum atomic E-state index is 13.5. The van der Waals surface area contributed by atoms with Crippen molar-refractivity contribution in [3.63, 3.8) is 0 Å². The molecule has 2 rings (SSSR count). The molecule has 1 unspecified atom stereocenters. The van der Waals surface area contributed by atoms with E-state index in [1.807, 2.05) is 0 Å². The predicted molar refractivity (Wildman–Crippen MR) is 107 cm³/mol. The van der Waals surface area contributed by atoms with Crippen LogP contribution in [0.2, 0.25) is 0 Å². The topological polar surface area (TPSA) is 81.7 Å². The van der Waals surface area contributed by atoms with Crippen molar-refractivity contribution in [3.8, 4) is 11.1 Å². The molecule has 0 spiro atoms. The lowest BCUT2D eigenvalue weighted by Crippen LogP contribution is -2.36. The lowest BCUT2D eigenvalue weighted by molar-refractivity contribution is -0.157. The molecule has 9 heteroatoms. The van der Waals surface area contributed by atoms with Gasteiger partial charge in [-0.05, 0) is 49.6 Å². The Morgan fingerprint density at radius 2 is 1.55 bits per heavy atom. The van der Waals surface area contributed by atoms with Crippen LogP contribution in [0.1, 0.15) is 40.2 Å². The van der Waals surface area contributed by atoms with E-state index in [1.165, 1.54) is 24.3 Å². The van der Waals surface area contributed by atoms with Gasteiger partial charge in [-0.25, -0.2) is 18.0 Å². The fraction of sp³-hybridized carbons (Fsp3) is 0.318. The molecule has 0 saturated heterocycles. The summed E-state index contributed by atoms with van der Waals surface area (Å²) in [5.74, 6) is -6.54. The smallest absolute Gasteiger partial charge is 0.333 e. The molecule has 0 radical (unpaired) electrons. The molecule has 0 aliphatic carbocycles. The Morgan fingerprint density at radius 1 is 1.00 bits per heavy atom. The van der Waals surface area contributed by atoms with Gasteiger partial charge >= 0.3 is 11.9 Å². The molecule has 1 N–H and O–H groups in total. The highest BCUT2D eigenvalue weighted by Gasteiger charge is 2.26. The number of methoxy groups -OCH3 is 1. The molecule has 1 amide bonds. The van der Waals surface area contributed by atoms with Gasteiger partial charge in [0, 0.05) is 1.43 Å². The second kappa shape index (κ2) is 9.63. The number of hydrogen-bond donors (Lipinski definition) is 1. The van der Waals surface area contributed by atoms with E-state index in [1.54, 1.807) is 20.8 Å². The standard InChI is InChI=1S/C22H22F3NO5.H2/c1-22(2,3)31-18(28)11-17(27)26-20(21(29)30-4)13-7-5-12(6-8-13)14-9-15(23)19(25)16(24)10-14;/h5-10,20H,11H2,1-4H3,(H,26,27);1H. The van der Waals surface area contributed by atoms with Gasteiger partial charge in [0.25, 0.3) is 0 Å². The number of hydrogen-bond acceptors (Lipinski definition) is 5. The third-order valence-corrected chi connectivity index (χ3v) is 4.03. The Hall–Kier alpha value is -3.36. The van der Waals surface area contributed by atoms with Crippen molar-refractivity contribution in [3.05, 3.63) is 59.4 Å². The molecule has 0 bridgehead atoms. The van der Waals surface area contributed by atoms with E-state index < -0.39 is 53.4 Å². The number of carbonyl (C=O) groups is 3. The number of nitrogens with one attached hydrogen (secondary N) is 1. The van der Waals surface area contributed by atoms with E-state index in [0.717, 1.165) is 19.2 Å². The quantitative estimate of drug-likeness (QED) is 0.417. The van der Waals surface area contributed by atoms with Crippen LogP contribution in [0.4, 0.5) is 13.2 Å². The number of esters is 2. The second-order valence-electron chi connectivity index (χ2n) is 7.66. The van der Waals surface area contributed by atoms with Gasteiger partial charge in [0.05, 0.1) is 7.11 Å². The normalized spacial score (nSPS) is 12.1. The largest absolute Gasteiger partial charge is 0.467 e. The van der Waals surface area contributed by atoms with E-state index in [2.05, 4.69) is 5.32 Å². The number of carbonyl (C=O) groups excluding carboxylic acids is 3. The summed E-state index contributed by atoms with van der Waals surface area (Å²) in [5, 5.41) is 2.40. The Labute approximate surface area is 178 Å². The zero-order chi connectivity index (χ0) is 23.3. The summed E-state index contributed by atoms with van der Waals surface area (Å²) < 4.78 is 49.9. The SMILES string of the molecule is COC(=O)C(NC(=O)CC(=O)OC(C)(C)C)c1ccc(-c2cc(F)c(F)c(F)c2)cc1.[HH]. The first kappa shape index (κ1) is 23.9. The van der Waals surface area contributed by atoms with Crippen molar-refractivity contribution >= 4 is 17.8 Å².